The molecule has 1 amide bonds. The summed E-state index contributed by atoms with van der Waals surface area (Å²) >= 11 is 5.81. The van der Waals surface area contributed by atoms with Crippen LogP contribution in [0.25, 0.3) is 0 Å². The third-order valence-corrected chi connectivity index (χ3v) is 3.10. The second-order valence-corrected chi connectivity index (χ2v) is 4.58. The van der Waals surface area contributed by atoms with Crippen molar-refractivity contribution in [1.82, 2.24) is 0 Å². The fourth-order valence-electron chi connectivity index (χ4n) is 1.88. The van der Waals surface area contributed by atoms with E-state index in [-0.39, 0.29) is 29.2 Å². The molecule has 18 heavy (non-hydrogen) atoms. The van der Waals surface area contributed by atoms with Gasteiger partial charge in [0.25, 0.3) is 11.7 Å². The zero-order chi connectivity index (χ0) is 13.4. The number of anilines is 1. The van der Waals surface area contributed by atoms with Gasteiger partial charge < -0.3 is 10.0 Å². The zero-order valence-electron chi connectivity index (χ0n) is 9.61. The van der Waals surface area contributed by atoms with Crippen molar-refractivity contribution >= 4 is 29.0 Å². The fraction of sp³-hybridized carbons (Fsp3) is 0.333. The number of rotatable bonds is 3. The Morgan fingerprint density at radius 2 is 2.11 bits per heavy atom. The van der Waals surface area contributed by atoms with E-state index in [4.69, 9.17) is 11.6 Å². The number of benzene rings is 1. The van der Waals surface area contributed by atoms with Gasteiger partial charge in [-0.25, -0.2) is 4.39 Å². The SMILES string of the molecule is CC(O)CCN1C(=O)C(=O)c2c(Cl)ccc(F)c21. The minimum atomic E-state index is -0.808. The standard InChI is InChI=1S/C12H11ClFNO3/c1-6(16)4-5-15-10-8(14)3-2-7(13)9(10)11(17)12(15)18/h2-3,6,16H,4-5H2,1H3. The molecule has 1 aromatic carbocycles. The lowest BCUT2D eigenvalue weighted by Crippen LogP contribution is -2.32. The molecule has 0 saturated carbocycles. The highest BCUT2D eigenvalue weighted by Gasteiger charge is 2.39. The molecular formula is C12H11ClFNO3. The maximum atomic E-state index is 13.7. The fourth-order valence-corrected chi connectivity index (χ4v) is 2.12. The van der Waals surface area contributed by atoms with Gasteiger partial charge in [-0.1, -0.05) is 11.6 Å². The first-order chi connectivity index (χ1) is 8.43. The predicted octanol–water partition coefficient (Wildman–Crippen LogP) is 1.78. The summed E-state index contributed by atoms with van der Waals surface area (Å²) in [7, 11) is 0. The Morgan fingerprint density at radius 3 is 2.72 bits per heavy atom. The highest BCUT2D eigenvalue weighted by atomic mass is 35.5. The molecule has 0 aromatic heterocycles. The van der Waals surface area contributed by atoms with E-state index in [1.807, 2.05) is 0 Å². The van der Waals surface area contributed by atoms with E-state index in [1.165, 1.54) is 6.07 Å². The molecule has 0 bridgehead atoms. The Kier molecular flexibility index (Phi) is 3.36. The van der Waals surface area contributed by atoms with Gasteiger partial charge in [-0.15, -0.1) is 0 Å². The summed E-state index contributed by atoms with van der Waals surface area (Å²) in [6.45, 7) is 1.63. The summed E-state index contributed by atoms with van der Waals surface area (Å²) < 4.78 is 13.7. The van der Waals surface area contributed by atoms with Gasteiger partial charge in [-0.3, -0.25) is 9.59 Å². The molecule has 1 aliphatic rings. The van der Waals surface area contributed by atoms with Crippen LogP contribution >= 0.6 is 11.6 Å². The van der Waals surface area contributed by atoms with E-state index in [9.17, 15) is 19.1 Å². The molecule has 2 rings (SSSR count). The van der Waals surface area contributed by atoms with Crippen molar-refractivity contribution in [3.8, 4) is 0 Å². The Labute approximate surface area is 108 Å². The molecule has 6 heteroatoms. The van der Waals surface area contributed by atoms with Gasteiger partial charge in [0.1, 0.15) is 5.82 Å². The van der Waals surface area contributed by atoms with Crippen LogP contribution in [0.2, 0.25) is 5.02 Å². The predicted molar refractivity (Wildman–Crippen MR) is 64.4 cm³/mol. The summed E-state index contributed by atoms with van der Waals surface area (Å²) in [5.74, 6) is -2.28. The quantitative estimate of drug-likeness (QED) is 0.853. The van der Waals surface area contributed by atoms with Crippen LogP contribution in [0, 0.1) is 5.82 Å². The van der Waals surface area contributed by atoms with Crippen LogP contribution in [0.3, 0.4) is 0 Å². The monoisotopic (exact) mass is 271 g/mol. The number of halogens is 2. The van der Waals surface area contributed by atoms with Crippen molar-refractivity contribution in [2.45, 2.75) is 19.4 Å². The summed E-state index contributed by atoms with van der Waals surface area (Å²) in [6, 6.07) is 2.36. The van der Waals surface area contributed by atoms with Crippen molar-refractivity contribution < 1.29 is 19.1 Å². The zero-order valence-corrected chi connectivity index (χ0v) is 10.4. The number of Topliss-reactive ketones (excluding diaryl/α,β-unsaturated/α-hetero) is 1. The van der Waals surface area contributed by atoms with Gasteiger partial charge in [0.15, 0.2) is 0 Å². The Morgan fingerprint density at radius 1 is 1.44 bits per heavy atom. The number of nitrogens with zero attached hydrogens (tertiary/aromatic N) is 1. The smallest absolute Gasteiger partial charge is 0.299 e. The molecule has 1 atom stereocenters. The molecule has 0 aliphatic carbocycles. The van der Waals surface area contributed by atoms with Crippen LogP contribution in [0.1, 0.15) is 23.7 Å². The minimum Gasteiger partial charge on any atom is -0.393 e. The molecule has 1 heterocycles. The number of hydrogen-bond donors (Lipinski definition) is 1. The first kappa shape index (κ1) is 13.0. The van der Waals surface area contributed by atoms with E-state index < -0.39 is 23.6 Å². The van der Waals surface area contributed by atoms with Gasteiger partial charge >= 0.3 is 0 Å². The average Bonchev–Trinajstić information content (AvgIpc) is 2.56. The molecule has 0 radical (unpaired) electrons. The van der Waals surface area contributed by atoms with E-state index in [0.717, 1.165) is 11.0 Å². The molecule has 0 saturated heterocycles. The molecule has 1 unspecified atom stereocenters. The van der Waals surface area contributed by atoms with Gasteiger partial charge in [0.05, 0.1) is 22.4 Å². The molecule has 1 aromatic rings. The van der Waals surface area contributed by atoms with Crippen LogP contribution in [0.5, 0.6) is 0 Å². The number of carbonyl (C=O) groups excluding carboxylic acids is 2. The van der Waals surface area contributed by atoms with Crippen molar-refractivity contribution in [3.05, 3.63) is 28.5 Å². The van der Waals surface area contributed by atoms with Crippen molar-refractivity contribution in [2.75, 3.05) is 11.4 Å². The number of fused-ring (bicyclic) bond motifs is 1. The maximum absolute atomic E-state index is 13.7. The highest BCUT2D eigenvalue weighted by molar-refractivity contribution is 6.55. The maximum Gasteiger partial charge on any atom is 0.299 e. The van der Waals surface area contributed by atoms with E-state index in [1.54, 1.807) is 6.92 Å². The van der Waals surface area contributed by atoms with Crippen LogP contribution in [0.4, 0.5) is 10.1 Å². The highest BCUT2D eigenvalue weighted by Crippen LogP contribution is 2.36. The summed E-state index contributed by atoms with van der Waals surface area (Å²) in [5, 5.41) is 9.25. The third-order valence-electron chi connectivity index (χ3n) is 2.78. The topological polar surface area (TPSA) is 57.6 Å². The number of aliphatic hydroxyl groups excluding tert-OH is 1. The number of carbonyl (C=O) groups is 2. The lowest BCUT2D eigenvalue weighted by molar-refractivity contribution is -0.114. The number of amides is 1. The van der Waals surface area contributed by atoms with Crippen molar-refractivity contribution in [2.24, 2.45) is 0 Å². The van der Waals surface area contributed by atoms with Crippen LogP contribution in [-0.4, -0.2) is 29.4 Å². The van der Waals surface area contributed by atoms with E-state index >= 15 is 0 Å². The lowest BCUT2D eigenvalue weighted by Gasteiger charge is -2.17. The van der Waals surface area contributed by atoms with Gasteiger partial charge in [-0.05, 0) is 25.5 Å². The van der Waals surface area contributed by atoms with Gasteiger partial charge in [0, 0.05) is 6.54 Å². The van der Waals surface area contributed by atoms with Gasteiger partial charge in [-0.2, -0.15) is 0 Å². The number of hydrogen-bond acceptors (Lipinski definition) is 3. The lowest BCUT2D eigenvalue weighted by atomic mass is 10.1. The van der Waals surface area contributed by atoms with Crippen LogP contribution < -0.4 is 4.90 Å². The molecule has 0 spiro atoms. The number of aliphatic hydroxyl groups is 1. The van der Waals surface area contributed by atoms with Crippen LogP contribution in [-0.2, 0) is 4.79 Å². The molecule has 96 valence electrons. The molecule has 4 nitrogen and oxygen atoms in total. The number of ketones is 1. The van der Waals surface area contributed by atoms with Crippen molar-refractivity contribution in [1.29, 1.82) is 0 Å². The van der Waals surface area contributed by atoms with Gasteiger partial charge in [0.2, 0.25) is 0 Å². The second-order valence-electron chi connectivity index (χ2n) is 4.18. The normalized spacial score (nSPS) is 16.1. The van der Waals surface area contributed by atoms with E-state index in [2.05, 4.69) is 0 Å². The van der Waals surface area contributed by atoms with Crippen LogP contribution in [0.15, 0.2) is 12.1 Å². The largest absolute Gasteiger partial charge is 0.393 e. The molecule has 1 N–H and O–H groups in total. The Hall–Kier alpha value is -1.46. The van der Waals surface area contributed by atoms with Crippen molar-refractivity contribution in [3.63, 3.8) is 0 Å². The first-order valence-electron chi connectivity index (χ1n) is 5.45. The first-order valence-corrected chi connectivity index (χ1v) is 5.83. The summed E-state index contributed by atoms with van der Waals surface area (Å²) in [4.78, 5) is 24.5. The Bertz CT molecular complexity index is 530. The summed E-state index contributed by atoms with van der Waals surface area (Å²) in [5.41, 5.74) is -0.176. The minimum absolute atomic E-state index is 0.0595. The molecular weight excluding hydrogens is 261 g/mol. The van der Waals surface area contributed by atoms with E-state index in [0.29, 0.717) is 0 Å². The Balaban J connectivity index is 2.45. The average molecular weight is 272 g/mol. The molecule has 1 aliphatic heterocycles. The summed E-state index contributed by atoms with van der Waals surface area (Å²) in [6.07, 6.45) is -0.385. The molecule has 0 fully saturated rings. The third kappa shape index (κ3) is 2.00. The second kappa shape index (κ2) is 4.66.